The van der Waals surface area contributed by atoms with E-state index in [9.17, 15) is 0 Å². The van der Waals surface area contributed by atoms with Crippen molar-refractivity contribution in [3.63, 3.8) is 0 Å². The van der Waals surface area contributed by atoms with Gasteiger partial charge in [0.25, 0.3) is 0 Å². The van der Waals surface area contributed by atoms with Crippen molar-refractivity contribution in [2.24, 2.45) is 10.7 Å². The zero-order valence-corrected chi connectivity index (χ0v) is 7.03. The third kappa shape index (κ3) is 2.27. The van der Waals surface area contributed by atoms with E-state index in [0.717, 1.165) is 5.57 Å². The first kappa shape index (κ1) is 8.59. The molecule has 0 aromatic carbocycles. The molecule has 1 aliphatic rings. The van der Waals surface area contributed by atoms with Crippen LogP contribution in [-0.2, 0) is 4.74 Å². The Morgan fingerprint density at radius 2 is 2.42 bits per heavy atom. The summed E-state index contributed by atoms with van der Waals surface area (Å²) in [6.07, 6.45) is 8.93. The average Bonchev–Trinajstić information content (AvgIpc) is 2.32. The Balaban J connectivity index is 2.79. The van der Waals surface area contributed by atoms with E-state index in [2.05, 4.69) is 4.99 Å². The van der Waals surface area contributed by atoms with E-state index in [1.807, 2.05) is 25.2 Å². The fourth-order valence-corrected chi connectivity index (χ4v) is 0.810. The molecule has 0 aliphatic carbocycles. The van der Waals surface area contributed by atoms with Gasteiger partial charge in [0, 0.05) is 12.4 Å². The van der Waals surface area contributed by atoms with Crippen LogP contribution in [0.5, 0.6) is 0 Å². The number of hydrogen-bond acceptors (Lipinski definition) is 3. The standard InChI is InChI=1S/C9H12N2O/c1-2-12-9(10)8-5-3-4-6-11-7-8/h3-7H,2,10H2,1H3. The summed E-state index contributed by atoms with van der Waals surface area (Å²) in [4.78, 5) is 3.97. The molecule has 12 heavy (non-hydrogen) atoms. The average molecular weight is 164 g/mol. The second-order valence-electron chi connectivity index (χ2n) is 2.23. The summed E-state index contributed by atoms with van der Waals surface area (Å²) >= 11 is 0. The maximum Gasteiger partial charge on any atom is 0.193 e. The first-order valence-electron chi connectivity index (χ1n) is 3.83. The summed E-state index contributed by atoms with van der Waals surface area (Å²) in [6.45, 7) is 2.47. The van der Waals surface area contributed by atoms with E-state index in [0.29, 0.717) is 12.5 Å². The van der Waals surface area contributed by atoms with Crippen LogP contribution in [0.25, 0.3) is 0 Å². The first-order valence-corrected chi connectivity index (χ1v) is 3.83. The number of nitrogens with two attached hydrogens (primary N) is 1. The number of hydrogen-bond donors (Lipinski definition) is 1. The third-order valence-corrected chi connectivity index (χ3v) is 1.36. The Hall–Kier alpha value is -1.51. The van der Waals surface area contributed by atoms with Crippen molar-refractivity contribution in [1.29, 1.82) is 0 Å². The maximum absolute atomic E-state index is 5.62. The molecule has 1 heterocycles. The Morgan fingerprint density at radius 3 is 3.17 bits per heavy atom. The van der Waals surface area contributed by atoms with E-state index in [-0.39, 0.29) is 0 Å². The minimum absolute atomic E-state index is 0.418. The molecule has 0 spiro atoms. The molecule has 3 nitrogen and oxygen atoms in total. The molecule has 0 radical (unpaired) electrons. The fraction of sp³-hybridized carbons (Fsp3) is 0.222. The van der Waals surface area contributed by atoms with Crippen LogP contribution in [0.3, 0.4) is 0 Å². The largest absolute Gasteiger partial charge is 0.479 e. The van der Waals surface area contributed by atoms with E-state index in [4.69, 9.17) is 10.5 Å². The molecule has 0 saturated heterocycles. The lowest BCUT2D eigenvalue weighted by Gasteiger charge is -2.03. The molecule has 0 bridgehead atoms. The van der Waals surface area contributed by atoms with E-state index in [1.54, 1.807) is 12.4 Å². The van der Waals surface area contributed by atoms with Crippen LogP contribution < -0.4 is 5.73 Å². The Morgan fingerprint density at radius 1 is 1.58 bits per heavy atom. The molecule has 0 aromatic rings. The van der Waals surface area contributed by atoms with Crippen molar-refractivity contribution in [2.75, 3.05) is 6.61 Å². The van der Waals surface area contributed by atoms with Crippen molar-refractivity contribution in [2.45, 2.75) is 6.92 Å². The van der Waals surface area contributed by atoms with Gasteiger partial charge in [0.1, 0.15) is 0 Å². The molecule has 1 aliphatic heterocycles. The van der Waals surface area contributed by atoms with E-state index < -0.39 is 0 Å². The van der Waals surface area contributed by atoms with Gasteiger partial charge in [0.15, 0.2) is 5.88 Å². The second-order valence-corrected chi connectivity index (χ2v) is 2.23. The topological polar surface area (TPSA) is 47.6 Å². The molecule has 0 saturated carbocycles. The summed E-state index contributed by atoms with van der Waals surface area (Å²) in [6, 6.07) is 0. The summed E-state index contributed by atoms with van der Waals surface area (Å²) in [5.41, 5.74) is 6.42. The molecule has 2 N–H and O–H groups in total. The molecule has 3 heteroatoms. The summed E-state index contributed by atoms with van der Waals surface area (Å²) < 4.78 is 5.12. The number of allylic oxidation sites excluding steroid dienone is 4. The Labute approximate surface area is 71.9 Å². The predicted octanol–water partition coefficient (Wildman–Crippen LogP) is 1.35. The van der Waals surface area contributed by atoms with Crippen LogP contribution in [0.1, 0.15) is 6.92 Å². The van der Waals surface area contributed by atoms with Crippen molar-refractivity contribution in [3.05, 3.63) is 35.9 Å². The summed E-state index contributed by atoms with van der Waals surface area (Å²) in [5.74, 6) is 0.418. The normalized spacial score (nSPS) is 19.1. The van der Waals surface area contributed by atoms with Gasteiger partial charge >= 0.3 is 0 Å². The van der Waals surface area contributed by atoms with Gasteiger partial charge in [-0.2, -0.15) is 0 Å². The van der Waals surface area contributed by atoms with Crippen molar-refractivity contribution < 1.29 is 4.74 Å². The monoisotopic (exact) mass is 164 g/mol. The summed E-state index contributed by atoms with van der Waals surface area (Å²) in [5, 5.41) is 0. The van der Waals surface area contributed by atoms with Gasteiger partial charge in [-0.25, -0.2) is 0 Å². The minimum Gasteiger partial charge on any atom is -0.479 e. The highest BCUT2D eigenvalue weighted by atomic mass is 16.5. The lowest BCUT2D eigenvalue weighted by molar-refractivity contribution is 0.225. The number of rotatable bonds is 2. The highest BCUT2D eigenvalue weighted by molar-refractivity contribution is 5.83. The molecule has 0 fully saturated rings. The van der Waals surface area contributed by atoms with Crippen LogP contribution in [0.2, 0.25) is 0 Å². The van der Waals surface area contributed by atoms with Crippen LogP contribution in [0, 0.1) is 0 Å². The van der Waals surface area contributed by atoms with Gasteiger partial charge in [0.2, 0.25) is 0 Å². The van der Waals surface area contributed by atoms with Crippen molar-refractivity contribution in [3.8, 4) is 0 Å². The van der Waals surface area contributed by atoms with E-state index >= 15 is 0 Å². The molecule has 0 atom stereocenters. The van der Waals surface area contributed by atoms with Crippen LogP contribution in [0.4, 0.5) is 0 Å². The number of aliphatic imine (C=N–C) groups is 1. The first-order chi connectivity index (χ1) is 5.84. The van der Waals surface area contributed by atoms with Gasteiger partial charge in [-0.15, -0.1) is 0 Å². The second kappa shape index (κ2) is 4.38. The van der Waals surface area contributed by atoms with Gasteiger partial charge in [-0.1, -0.05) is 6.08 Å². The number of nitrogens with zero attached hydrogens (tertiary/aromatic N) is 1. The third-order valence-electron chi connectivity index (χ3n) is 1.36. The molecular weight excluding hydrogens is 152 g/mol. The molecule has 1 rings (SSSR count). The molecular formula is C9H12N2O. The quantitative estimate of drug-likeness (QED) is 0.626. The maximum atomic E-state index is 5.62. The highest BCUT2D eigenvalue weighted by Gasteiger charge is 1.97. The van der Waals surface area contributed by atoms with Crippen molar-refractivity contribution >= 4 is 6.21 Å². The molecule has 0 amide bonds. The lowest BCUT2D eigenvalue weighted by Crippen LogP contribution is -2.06. The van der Waals surface area contributed by atoms with Crippen LogP contribution >= 0.6 is 0 Å². The predicted molar refractivity (Wildman–Crippen MR) is 49.6 cm³/mol. The lowest BCUT2D eigenvalue weighted by atomic mass is 10.3. The van der Waals surface area contributed by atoms with Gasteiger partial charge in [0.05, 0.1) is 12.2 Å². The SMILES string of the molecule is CCOC(N)=C1C=CC=CN=C1. The van der Waals surface area contributed by atoms with Crippen molar-refractivity contribution in [1.82, 2.24) is 0 Å². The van der Waals surface area contributed by atoms with Gasteiger partial charge < -0.3 is 10.5 Å². The van der Waals surface area contributed by atoms with E-state index in [1.165, 1.54) is 0 Å². The molecule has 0 aromatic heterocycles. The zero-order valence-electron chi connectivity index (χ0n) is 7.03. The highest BCUT2D eigenvalue weighted by Crippen LogP contribution is 2.03. The van der Waals surface area contributed by atoms with Gasteiger partial charge in [-0.3, -0.25) is 4.99 Å². The van der Waals surface area contributed by atoms with Crippen LogP contribution in [-0.4, -0.2) is 12.8 Å². The number of ether oxygens (including phenoxy) is 1. The molecule has 64 valence electrons. The fourth-order valence-electron chi connectivity index (χ4n) is 0.810. The summed E-state index contributed by atoms with van der Waals surface area (Å²) in [7, 11) is 0. The Bertz CT molecular complexity index is 244. The molecule has 0 unspecified atom stereocenters. The minimum atomic E-state index is 0.418. The van der Waals surface area contributed by atoms with Crippen LogP contribution in [0.15, 0.2) is 40.9 Å². The van der Waals surface area contributed by atoms with Gasteiger partial charge in [-0.05, 0) is 19.1 Å². The smallest absolute Gasteiger partial charge is 0.193 e. The Kier molecular flexibility index (Phi) is 3.14. The zero-order chi connectivity index (χ0) is 8.81.